The van der Waals surface area contributed by atoms with E-state index >= 15 is 0 Å². The molecular formula is C22H31N5O3. The van der Waals surface area contributed by atoms with Gasteiger partial charge in [0.1, 0.15) is 11.8 Å². The lowest BCUT2D eigenvalue weighted by molar-refractivity contribution is -0.142. The molecule has 3 rings (SSSR count). The number of carbonyl (C=O) groups excluding carboxylic acids is 2. The van der Waals surface area contributed by atoms with Gasteiger partial charge >= 0.3 is 0 Å². The van der Waals surface area contributed by atoms with Crippen LogP contribution >= 0.6 is 0 Å². The third-order valence-corrected chi connectivity index (χ3v) is 5.82. The highest BCUT2D eigenvalue weighted by Crippen LogP contribution is 2.25. The Bertz CT molecular complexity index is 846. The number of amides is 2. The number of piperazine rings is 1. The van der Waals surface area contributed by atoms with Gasteiger partial charge in [-0.2, -0.15) is 5.10 Å². The van der Waals surface area contributed by atoms with Crippen LogP contribution in [0, 0.1) is 0 Å². The van der Waals surface area contributed by atoms with Gasteiger partial charge in [-0.15, -0.1) is 0 Å². The van der Waals surface area contributed by atoms with Crippen molar-refractivity contribution in [3.63, 3.8) is 0 Å². The van der Waals surface area contributed by atoms with Gasteiger partial charge in [0.2, 0.25) is 11.8 Å². The van der Waals surface area contributed by atoms with Crippen molar-refractivity contribution in [2.24, 2.45) is 0 Å². The van der Waals surface area contributed by atoms with E-state index < -0.39 is 6.04 Å². The van der Waals surface area contributed by atoms with Gasteiger partial charge in [0, 0.05) is 51.7 Å². The summed E-state index contributed by atoms with van der Waals surface area (Å²) in [5.41, 5.74) is 1.20. The van der Waals surface area contributed by atoms with E-state index in [0.717, 1.165) is 18.8 Å². The number of rotatable bonds is 7. The molecule has 0 saturated carbocycles. The Kier molecular flexibility index (Phi) is 7.10. The molecule has 1 fully saturated rings. The fraction of sp³-hybridized carbons (Fsp3) is 0.500. The van der Waals surface area contributed by atoms with Crippen molar-refractivity contribution in [2.45, 2.75) is 25.9 Å². The quantitative estimate of drug-likeness (QED) is 0.692. The maximum absolute atomic E-state index is 12.7. The Morgan fingerprint density at radius 2 is 1.90 bits per heavy atom. The summed E-state index contributed by atoms with van der Waals surface area (Å²) in [5, 5.41) is 4.11. The zero-order chi connectivity index (χ0) is 21.7. The van der Waals surface area contributed by atoms with Crippen molar-refractivity contribution in [2.75, 3.05) is 46.9 Å². The van der Waals surface area contributed by atoms with Crippen LogP contribution in [-0.4, -0.2) is 83.2 Å². The van der Waals surface area contributed by atoms with Crippen LogP contribution in [0.15, 0.2) is 42.7 Å². The first-order chi connectivity index (χ1) is 14.4. The second-order valence-corrected chi connectivity index (χ2v) is 7.73. The first-order valence-corrected chi connectivity index (χ1v) is 10.3. The highest BCUT2D eigenvalue weighted by atomic mass is 16.5. The lowest BCUT2D eigenvalue weighted by Crippen LogP contribution is -2.52. The summed E-state index contributed by atoms with van der Waals surface area (Å²) in [6.07, 6.45) is 3.39. The number of benzene rings is 1. The molecule has 0 bridgehead atoms. The van der Waals surface area contributed by atoms with Gasteiger partial charge in [0.15, 0.2) is 0 Å². The third-order valence-electron chi connectivity index (χ3n) is 5.82. The topological polar surface area (TPSA) is 70.9 Å². The average Bonchev–Trinajstić information content (AvgIpc) is 3.32. The molecule has 0 spiro atoms. The molecule has 0 radical (unpaired) electrons. The molecule has 30 heavy (non-hydrogen) atoms. The van der Waals surface area contributed by atoms with Gasteiger partial charge in [0.05, 0.1) is 13.7 Å². The molecule has 1 saturated heterocycles. The number of carbonyl (C=O) groups is 2. The SMILES string of the molecule is COc1cccc(C(C)N2CCN(C(=O)CN(C)C(=O)C(C)n3cccn3)CC2)c1. The van der Waals surface area contributed by atoms with Crippen LogP contribution in [0.1, 0.15) is 31.5 Å². The van der Waals surface area contributed by atoms with Gasteiger partial charge in [0.25, 0.3) is 0 Å². The van der Waals surface area contributed by atoms with Crippen molar-refractivity contribution in [1.29, 1.82) is 0 Å². The molecule has 8 heteroatoms. The Hall–Kier alpha value is -2.87. The lowest BCUT2D eigenvalue weighted by atomic mass is 10.1. The summed E-state index contributed by atoms with van der Waals surface area (Å²) in [6, 6.07) is 9.70. The summed E-state index contributed by atoms with van der Waals surface area (Å²) < 4.78 is 6.93. The Labute approximate surface area is 178 Å². The van der Waals surface area contributed by atoms with Gasteiger partial charge in [-0.3, -0.25) is 19.2 Å². The van der Waals surface area contributed by atoms with Crippen molar-refractivity contribution in [1.82, 2.24) is 24.5 Å². The fourth-order valence-electron chi connectivity index (χ4n) is 3.79. The van der Waals surface area contributed by atoms with E-state index in [1.54, 1.807) is 44.2 Å². The summed E-state index contributed by atoms with van der Waals surface area (Å²) in [5.74, 6) is 0.703. The van der Waals surface area contributed by atoms with Crippen molar-refractivity contribution < 1.29 is 14.3 Å². The maximum atomic E-state index is 12.7. The molecule has 0 aliphatic carbocycles. The van der Waals surface area contributed by atoms with Crippen molar-refractivity contribution in [3.8, 4) is 5.75 Å². The Balaban J connectivity index is 1.50. The molecule has 1 aromatic heterocycles. The second-order valence-electron chi connectivity index (χ2n) is 7.73. The highest BCUT2D eigenvalue weighted by Gasteiger charge is 2.27. The summed E-state index contributed by atoms with van der Waals surface area (Å²) in [4.78, 5) is 31.0. The minimum Gasteiger partial charge on any atom is -0.497 e. The zero-order valence-electron chi connectivity index (χ0n) is 18.2. The van der Waals surface area contributed by atoms with E-state index in [1.165, 1.54) is 10.5 Å². The molecule has 2 aromatic rings. The van der Waals surface area contributed by atoms with Crippen molar-refractivity contribution in [3.05, 3.63) is 48.3 Å². The number of ether oxygens (including phenoxy) is 1. The van der Waals surface area contributed by atoms with Crippen LogP contribution in [0.4, 0.5) is 0 Å². The summed E-state index contributed by atoms with van der Waals surface area (Å²) in [6.45, 7) is 6.95. The molecule has 2 atom stereocenters. The second kappa shape index (κ2) is 9.75. The highest BCUT2D eigenvalue weighted by molar-refractivity contribution is 5.86. The van der Waals surface area contributed by atoms with Crippen LogP contribution in [0.25, 0.3) is 0 Å². The summed E-state index contributed by atoms with van der Waals surface area (Å²) >= 11 is 0. The predicted molar refractivity (Wildman–Crippen MR) is 114 cm³/mol. The molecule has 0 N–H and O–H groups in total. The number of hydrogen-bond donors (Lipinski definition) is 0. The first kappa shape index (κ1) is 21.8. The van der Waals surface area contributed by atoms with Crippen LogP contribution in [0.2, 0.25) is 0 Å². The standard InChI is InChI=1S/C22H31N5O3/c1-17(19-7-5-8-20(15-19)30-4)25-11-13-26(14-12-25)21(28)16-24(3)22(29)18(2)27-10-6-9-23-27/h5-10,15,17-18H,11-14,16H2,1-4H3. The van der Waals surface area contributed by atoms with Crippen LogP contribution in [0.5, 0.6) is 5.75 Å². The average molecular weight is 414 g/mol. The third kappa shape index (κ3) is 4.99. The van der Waals surface area contributed by atoms with Gasteiger partial charge in [-0.25, -0.2) is 0 Å². The molecule has 1 aromatic carbocycles. The number of methoxy groups -OCH3 is 1. The molecule has 1 aliphatic heterocycles. The van der Waals surface area contributed by atoms with Gasteiger partial charge in [-0.1, -0.05) is 12.1 Å². The smallest absolute Gasteiger partial charge is 0.247 e. The van der Waals surface area contributed by atoms with Gasteiger partial charge < -0.3 is 14.5 Å². The number of likely N-dealkylation sites (N-methyl/N-ethyl adjacent to an activating group) is 1. The normalized spacial score (nSPS) is 16.7. The van der Waals surface area contributed by atoms with E-state index in [-0.39, 0.29) is 24.4 Å². The monoisotopic (exact) mass is 413 g/mol. The Morgan fingerprint density at radius 3 is 2.53 bits per heavy atom. The lowest BCUT2D eigenvalue weighted by Gasteiger charge is -2.38. The number of hydrogen-bond acceptors (Lipinski definition) is 5. The molecule has 2 heterocycles. The number of nitrogens with zero attached hydrogens (tertiary/aromatic N) is 5. The fourth-order valence-corrected chi connectivity index (χ4v) is 3.79. The molecule has 2 unspecified atom stereocenters. The maximum Gasteiger partial charge on any atom is 0.247 e. The van der Waals surface area contributed by atoms with E-state index in [4.69, 9.17) is 4.74 Å². The minimum absolute atomic E-state index is 0.0211. The van der Waals surface area contributed by atoms with E-state index in [1.807, 2.05) is 17.0 Å². The van der Waals surface area contributed by atoms with E-state index in [2.05, 4.69) is 29.1 Å². The first-order valence-electron chi connectivity index (χ1n) is 10.3. The Morgan fingerprint density at radius 1 is 1.17 bits per heavy atom. The number of aromatic nitrogens is 2. The minimum atomic E-state index is -0.432. The molecular weight excluding hydrogens is 382 g/mol. The summed E-state index contributed by atoms with van der Waals surface area (Å²) in [7, 11) is 3.34. The molecule has 2 amide bonds. The van der Waals surface area contributed by atoms with E-state index in [9.17, 15) is 9.59 Å². The molecule has 1 aliphatic rings. The van der Waals surface area contributed by atoms with Crippen LogP contribution in [-0.2, 0) is 9.59 Å². The zero-order valence-corrected chi connectivity index (χ0v) is 18.2. The van der Waals surface area contributed by atoms with Crippen molar-refractivity contribution >= 4 is 11.8 Å². The largest absolute Gasteiger partial charge is 0.497 e. The van der Waals surface area contributed by atoms with Crippen LogP contribution in [0.3, 0.4) is 0 Å². The molecule has 8 nitrogen and oxygen atoms in total. The van der Waals surface area contributed by atoms with E-state index in [0.29, 0.717) is 13.1 Å². The molecule has 162 valence electrons. The van der Waals surface area contributed by atoms with Gasteiger partial charge in [-0.05, 0) is 37.6 Å². The van der Waals surface area contributed by atoms with Crippen LogP contribution < -0.4 is 4.74 Å². The predicted octanol–water partition coefficient (Wildman–Crippen LogP) is 1.82.